The number of benzene rings is 1. The fraction of sp³-hybridized carbons (Fsp3) is 0.143. The highest BCUT2D eigenvalue weighted by Gasteiger charge is 2.27. The van der Waals surface area contributed by atoms with Crippen molar-refractivity contribution in [1.82, 2.24) is 30.1 Å². The fourth-order valence-electron chi connectivity index (χ4n) is 2.98. The summed E-state index contributed by atoms with van der Waals surface area (Å²) in [6, 6.07) is 11.4. The number of nitrogens with zero attached hydrogens (tertiary/aromatic N) is 4. The molecule has 0 bridgehead atoms. The first-order valence-electron chi connectivity index (χ1n) is 9.72. The van der Waals surface area contributed by atoms with Crippen molar-refractivity contribution >= 4 is 17.4 Å². The van der Waals surface area contributed by atoms with Crippen molar-refractivity contribution in [2.45, 2.75) is 12.7 Å². The van der Waals surface area contributed by atoms with Gasteiger partial charge >= 0.3 is 18.2 Å². The molecule has 2 amide bonds. The van der Waals surface area contributed by atoms with Crippen LogP contribution in [-0.4, -0.2) is 38.1 Å². The highest BCUT2D eigenvalue weighted by atomic mass is 19.4. The minimum Gasteiger partial charge on any atom is -0.368 e. The van der Waals surface area contributed by atoms with Crippen LogP contribution in [0, 0.1) is 0 Å². The van der Waals surface area contributed by atoms with Crippen LogP contribution in [-0.2, 0) is 6.54 Å². The third-order valence-corrected chi connectivity index (χ3v) is 4.43. The molecule has 0 radical (unpaired) electrons. The zero-order valence-corrected chi connectivity index (χ0v) is 17.0. The molecule has 0 aliphatic rings. The molecule has 0 unspecified atom stereocenters. The molecule has 0 saturated carbocycles. The van der Waals surface area contributed by atoms with E-state index >= 15 is 0 Å². The Labute approximate surface area is 185 Å². The Balaban J connectivity index is 1.43. The van der Waals surface area contributed by atoms with Gasteiger partial charge in [0.15, 0.2) is 0 Å². The lowest BCUT2D eigenvalue weighted by atomic mass is 10.1. The Morgan fingerprint density at radius 3 is 2.67 bits per heavy atom. The van der Waals surface area contributed by atoms with Gasteiger partial charge in [-0.05, 0) is 35.9 Å². The van der Waals surface area contributed by atoms with Crippen molar-refractivity contribution in [3.8, 4) is 17.3 Å². The number of rotatable bonds is 7. The number of carbonyl (C=O) groups excluding carboxylic acids is 1. The number of urea groups is 1. The molecular weight excluding hydrogens is 439 g/mol. The molecule has 170 valence electrons. The highest BCUT2D eigenvalue weighted by molar-refractivity contribution is 5.90. The van der Waals surface area contributed by atoms with E-state index in [1.165, 1.54) is 0 Å². The molecule has 0 atom stereocenters. The van der Waals surface area contributed by atoms with E-state index in [2.05, 4.69) is 25.7 Å². The highest BCUT2D eigenvalue weighted by Crippen LogP contribution is 2.24. The van der Waals surface area contributed by atoms with Crippen LogP contribution < -0.4 is 21.0 Å². The number of pyridine rings is 1. The quantitative estimate of drug-likeness (QED) is 0.367. The first-order chi connectivity index (χ1) is 15.9. The Kier molecular flexibility index (Phi) is 6.36. The molecule has 0 aliphatic heterocycles. The summed E-state index contributed by atoms with van der Waals surface area (Å²) in [5.41, 5.74) is 6.21. The summed E-state index contributed by atoms with van der Waals surface area (Å²) in [6.45, 7) is -1.02. The van der Waals surface area contributed by atoms with Crippen LogP contribution in [0.3, 0.4) is 0 Å². The molecule has 0 aliphatic carbocycles. The predicted octanol–water partition coefficient (Wildman–Crippen LogP) is 3.56. The van der Waals surface area contributed by atoms with Crippen LogP contribution in [0.1, 0.15) is 5.56 Å². The lowest BCUT2D eigenvalue weighted by molar-refractivity contribution is -0.122. The molecule has 3 N–H and O–H groups in total. The SMILES string of the molecule is O=C(NCC(F)(F)F)Nc1cccc(-c2cnc3cc(CNOc4ncccn4)ccn23)c1. The Bertz CT molecular complexity index is 1250. The number of hydroxylamine groups is 1. The molecule has 0 saturated heterocycles. The average Bonchev–Trinajstić information content (AvgIpc) is 3.22. The minimum atomic E-state index is -4.48. The third kappa shape index (κ3) is 5.95. The summed E-state index contributed by atoms with van der Waals surface area (Å²) in [4.78, 5) is 29.3. The van der Waals surface area contributed by atoms with E-state index in [1.54, 1.807) is 48.2 Å². The average molecular weight is 457 g/mol. The normalized spacial score (nSPS) is 11.4. The number of hydrogen-bond acceptors (Lipinski definition) is 6. The minimum absolute atomic E-state index is 0.210. The maximum atomic E-state index is 12.3. The van der Waals surface area contributed by atoms with Crippen LogP contribution >= 0.6 is 0 Å². The monoisotopic (exact) mass is 457 g/mol. The summed E-state index contributed by atoms with van der Waals surface area (Å²) in [5.74, 6) is 0. The molecule has 3 heterocycles. The predicted molar refractivity (Wildman–Crippen MR) is 113 cm³/mol. The van der Waals surface area contributed by atoms with E-state index in [9.17, 15) is 18.0 Å². The van der Waals surface area contributed by atoms with E-state index in [1.807, 2.05) is 28.8 Å². The first-order valence-corrected chi connectivity index (χ1v) is 9.72. The van der Waals surface area contributed by atoms with Gasteiger partial charge in [-0.15, -0.1) is 5.48 Å². The van der Waals surface area contributed by atoms with Gasteiger partial charge in [0.25, 0.3) is 0 Å². The molecule has 4 aromatic rings. The largest absolute Gasteiger partial charge is 0.405 e. The van der Waals surface area contributed by atoms with Crippen molar-refractivity contribution in [3.05, 3.63) is 72.8 Å². The molecular formula is C21H18F3N7O2. The van der Waals surface area contributed by atoms with Crippen molar-refractivity contribution in [2.75, 3.05) is 11.9 Å². The number of hydrogen-bond donors (Lipinski definition) is 3. The van der Waals surface area contributed by atoms with Gasteiger partial charge in [-0.2, -0.15) is 13.2 Å². The van der Waals surface area contributed by atoms with Gasteiger partial charge in [0, 0.05) is 29.8 Å². The standard InChI is InChI=1S/C21H18F3N7O2/c22-21(23,24)13-28-19(32)30-16-4-1-3-15(10-16)17-12-27-18-9-14(5-8-31(17)18)11-29-33-20-25-6-2-7-26-20/h1-10,12,29H,11,13H2,(H2,28,30,32). The summed E-state index contributed by atoms with van der Waals surface area (Å²) in [5, 5.41) is 4.17. The van der Waals surface area contributed by atoms with Gasteiger partial charge in [0.2, 0.25) is 0 Å². The van der Waals surface area contributed by atoms with E-state index in [4.69, 9.17) is 4.84 Å². The van der Waals surface area contributed by atoms with Crippen LogP contribution in [0.4, 0.5) is 23.7 Å². The number of fused-ring (bicyclic) bond motifs is 1. The smallest absolute Gasteiger partial charge is 0.368 e. The van der Waals surface area contributed by atoms with E-state index in [-0.39, 0.29) is 6.01 Å². The summed E-state index contributed by atoms with van der Waals surface area (Å²) < 4.78 is 38.6. The van der Waals surface area contributed by atoms with Gasteiger partial charge in [-0.1, -0.05) is 12.1 Å². The molecule has 1 aromatic carbocycles. The number of alkyl halides is 3. The van der Waals surface area contributed by atoms with Crippen LogP contribution in [0.5, 0.6) is 6.01 Å². The number of imidazole rings is 1. The van der Waals surface area contributed by atoms with Crippen molar-refractivity contribution < 1.29 is 22.8 Å². The van der Waals surface area contributed by atoms with Gasteiger partial charge in [-0.25, -0.2) is 19.7 Å². The topological polar surface area (TPSA) is 105 Å². The molecule has 3 aromatic heterocycles. The Hall–Kier alpha value is -4.19. The van der Waals surface area contributed by atoms with Crippen LogP contribution in [0.25, 0.3) is 16.9 Å². The van der Waals surface area contributed by atoms with Gasteiger partial charge < -0.3 is 15.5 Å². The maximum Gasteiger partial charge on any atom is 0.405 e. The number of carbonyl (C=O) groups is 1. The Morgan fingerprint density at radius 2 is 1.88 bits per heavy atom. The summed E-state index contributed by atoms with van der Waals surface area (Å²) in [7, 11) is 0. The number of anilines is 1. The summed E-state index contributed by atoms with van der Waals surface area (Å²) >= 11 is 0. The van der Waals surface area contributed by atoms with Crippen molar-refractivity contribution in [2.24, 2.45) is 0 Å². The second kappa shape index (κ2) is 9.53. The van der Waals surface area contributed by atoms with E-state index in [0.29, 0.717) is 17.9 Å². The maximum absolute atomic E-state index is 12.3. The molecule has 12 heteroatoms. The van der Waals surface area contributed by atoms with Crippen molar-refractivity contribution in [1.29, 1.82) is 0 Å². The molecule has 33 heavy (non-hydrogen) atoms. The van der Waals surface area contributed by atoms with E-state index in [0.717, 1.165) is 16.8 Å². The molecule has 0 fully saturated rings. The fourth-order valence-corrected chi connectivity index (χ4v) is 2.98. The zero-order valence-electron chi connectivity index (χ0n) is 17.0. The lowest BCUT2D eigenvalue weighted by Gasteiger charge is -2.11. The number of nitrogens with one attached hydrogen (secondary N) is 3. The molecule has 9 nitrogen and oxygen atoms in total. The molecule has 0 spiro atoms. The van der Waals surface area contributed by atoms with Gasteiger partial charge in [0.1, 0.15) is 12.2 Å². The summed E-state index contributed by atoms with van der Waals surface area (Å²) in [6.07, 6.45) is 2.17. The van der Waals surface area contributed by atoms with E-state index < -0.39 is 18.8 Å². The third-order valence-electron chi connectivity index (χ3n) is 4.43. The van der Waals surface area contributed by atoms with Crippen LogP contribution in [0.15, 0.2) is 67.3 Å². The number of halogens is 3. The zero-order chi connectivity index (χ0) is 23.3. The number of amides is 2. The van der Waals surface area contributed by atoms with Crippen LogP contribution in [0.2, 0.25) is 0 Å². The van der Waals surface area contributed by atoms with Gasteiger partial charge in [-0.3, -0.25) is 4.40 Å². The number of aromatic nitrogens is 4. The lowest BCUT2D eigenvalue weighted by Crippen LogP contribution is -2.36. The Morgan fingerprint density at radius 1 is 1.06 bits per heavy atom. The van der Waals surface area contributed by atoms with Gasteiger partial charge in [0.05, 0.1) is 18.4 Å². The second-order valence-corrected chi connectivity index (χ2v) is 6.86. The first kappa shape index (κ1) is 22.0. The van der Waals surface area contributed by atoms with Crippen molar-refractivity contribution in [3.63, 3.8) is 0 Å². The second-order valence-electron chi connectivity index (χ2n) is 6.86. The molecule has 4 rings (SSSR count).